The van der Waals surface area contributed by atoms with Gasteiger partial charge in [0.25, 0.3) is 0 Å². The maximum absolute atomic E-state index is 13.6. The van der Waals surface area contributed by atoms with Crippen molar-refractivity contribution in [2.24, 2.45) is 5.73 Å². The Morgan fingerprint density at radius 2 is 1.81 bits per heavy atom. The van der Waals surface area contributed by atoms with Gasteiger partial charge in [-0.15, -0.1) is 0 Å². The number of nitrogens with two attached hydrogens (primary N) is 1. The van der Waals surface area contributed by atoms with E-state index in [-0.39, 0.29) is 5.02 Å². The molecule has 0 saturated carbocycles. The summed E-state index contributed by atoms with van der Waals surface area (Å²) in [6.45, 7) is 0. The van der Waals surface area contributed by atoms with Crippen molar-refractivity contribution >= 4 is 11.6 Å². The average Bonchev–Trinajstić information content (AvgIpc) is 3.00. The predicted octanol–water partition coefficient (Wildman–Crippen LogP) is 3.71. The minimum absolute atomic E-state index is 0.0470. The van der Waals surface area contributed by atoms with Crippen LogP contribution in [0.5, 0.6) is 0 Å². The summed E-state index contributed by atoms with van der Waals surface area (Å²) < 4.78 is 15.3. The lowest BCUT2D eigenvalue weighted by atomic mass is 10.0. The third kappa shape index (κ3) is 2.55. The average molecular weight is 302 g/mol. The molecule has 106 valence electrons. The highest BCUT2D eigenvalue weighted by Gasteiger charge is 2.19. The number of halogens is 2. The highest BCUT2D eigenvalue weighted by atomic mass is 35.5. The molecule has 1 atom stereocenters. The first-order valence-electron chi connectivity index (χ1n) is 6.47. The summed E-state index contributed by atoms with van der Waals surface area (Å²) >= 11 is 6.02. The second-order valence-electron chi connectivity index (χ2n) is 4.62. The van der Waals surface area contributed by atoms with E-state index < -0.39 is 11.9 Å². The van der Waals surface area contributed by atoms with Crippen molar-refractivity contribution in [3.8, 4) is 5.69 Å². The molecule has 0 amide bonds. The third-order valence-electron chi connectivity index (χ3n) is 3.31. The molecule has 0 fully saturated rings. The Hall–Kier alpha value is -2.17. The number of benzene rings is 2. The van der Waals surface area contributed by atoms with Crippen molar-refractivity contribution in [2.45, 2.75) is 6.04 Å². The Morgan fingerprint density at radius 1 is 1.05 bits per heavy atom. The van der Waals surface area contributed by atoms with Gasteiger partial charge >= 0.3 is 0 Å². The third-order valence-corrected chi connectivity index (χ3v) is 3.71. The Balaban J connectivity index is 2.06. The van der Waals surface area contributed by atoms with Gasteiger partial charge in [-0.05, 0) is 29.8 Å². The highest BCUT2D eigenvalue weighted by molar-refractivity contribution is 6.31. The van der Waals surface area contributed by atoms with E-state index in [2.05, 4.69) is 5.10 Å². The first-order chi connectivity index (χ1) is 10.2. The molecule has 3 aromatic rings. The van der Waals surface area contributed by atoms with Crippen LogP contribution >= 0.6 is 11.6 Å². The molecular formula is C16H13ClFN3. The minimum Gasteiger partial charge on any atom is -0.319 e. The summed E-state index contributed by atoms with van der Waals surface area (Å²) in [5.74, 6) is -0.476. The van der Waals surface area contributed by atoms with E-state index in [1.165, 1.54) is 6.07 Å². The summed E-state index contributed by atoms with van der Waals surface area (Å²) in [6.07, 6.45) is 1.66. The topological polar surface area (TPSA) is 43.8 Å². The van der Waals surface area contributed by atoms with Gasteiger partial charge in [-0.3, -0.25) is 0 Å². The normalized spacial score (nSPS) is 12.3. The Kier molecular flexibility index (Phi) is 3.73. The Morgan fingerprint density at radius 3 is 2.57 bits per heavy atom. The van der Waals surface area contributed by atoms with E-state index in [0.29, 0.717) is 5.56 Å². The van der Waals surface area contributed by atoms with Crippen LogP contribution in [-0.4, -0.2) is 9.78 Å². The van der Waals surface area contributed by atoms with Crippen LogP contribution in [0.3, 0.4) is 0 Å². The van der Waals surface area contributed by atoms with Crippen LogP contribution in [0.25, 0.3) is 5.69 Å². The molecule has 1 unspecified atom stereocenters. The molecule has 1 aromatic heterocycles. The molecular weight excluding hydrogens is 289 g/mol. The van der Waals surface area contributed by atoms with Gasteiger partial charge in [0, 0.05) is 6.20 Å². The van der Waals surface area contributed by atoms with Gasteiger partial charge in [-0.2, -0.15) is 5.10 Å². The summed E-state index contributed by atoms with van der Waals surface area (Å²) in [5.41, 5.74) is 8.43. The van der Waals surface area contributed by atoms with Gasteiger partial charge in [0.15, 0.2) is 0 Å². The lowest BCUT2D eigenvalue weighted by Crippen LogP contribution is -2.17. The number of nitrogens with zero attached hydrogens (tertiary/aromatic N) is 2. The van der Waals surface area contributed by atoms with E-state index >= 15 is 0 Å². The molecule has 2 aromatic carbocycles. The summed E-state index contributed by atoms with van der Waals surface area (Å²) in [7, 11) is 0. The number of para-hydroxylation sites is 1. The van der Waals surface area contributed by atoms with Crippen molar-refractivity contribution in [3.63, 3.8) is 0 Å². The molecule has 0 saturated heterocycles. The monoisotopic (exact) mass is 301 g/mol. The standard InChI is InChI=1S/C16H13ClFN3/c17-15-12(7-4-8-13(15)18)16(19)14-9-10-20-21(14)11-5-2-1-3-6-11/h1-10,16H,19H2. The first-order valence-corrected chi connectivity index (χ1v) is 6.85. The van der Waals surface area contributed by atoms with Gasteiger partial charge < -0.3 is 5.73 Å². The molecule has 2 N–H and O–H groups in total. The number of hydrogen-bond donors (Lipinski definition) is 1. The van der Waals surface area contributed by atoms with Crippen LogP contribution in [0.4, 0.5) is 4.39 Å². The number of hydrogen-bond acceptors (Lipinski definition) is 2. The van der Waals surface area contributed by atoms with Gasteiger partial charge in [0.1, 0.15) is 5.82 Å². The molecule has 0 aliphatic heterocycles. The van der Waals surface area contributed by atoms with E-state index in [9.17, 15) is 4.39 Å². The van der Waals surface area contributed by atoms with Crippen LogP contribution in [0.2, 0.25) is 5.02 Å². The fourth-order valence-electron chi connectivity index (χ4n) is 2.25. The molecule has 21 heavy (non-hydrogen) atoms. The summed E-state index contributed by atoms with van der Waals surface area (Å²) in [6, 6.07) is 15.5. The molecule has 3 nitrogen and oxygen atoms in total. The van der Waals surface area contributed by atoms with Crippen LogP contribution in [-0.2, 0) is 0 Å². The molecule has 0 bridgehead atoms. The lowest BCUT2D eigenvalue weighted by Gasteiger charge is -2.16. The zero-order chi connectivity index (χ0) is 14.8. The van der Waals surface area contributed by atoms with E-state index in [1.54, 1.807) is 29.1 Å². The molecule has 0 aliphatic carbocycles. The van der Waals surface area contributed by atoms with Crippen molar-refractivity contribution in [1.29, 1.82) is 0 Å². The first kappa shape index (κ1) is 13.8. The molecule has 3 rings (SSSR count). The second-order valence-corrected chi connectivity index (χ2v) is 5.00. The quantitative estimate of drug-likeness (QED) is 0.801. The maximum Gasteiger partial charge on any atom is 0.142 e. The molecule has 0 radical (unpaired) electrons. The second kappa shape index (κ2) is 5.68. The number of aromatic nitrogens is 2. The molecule has 5 heteroatoms. The fraction of sp³-hybridized carbons (Fsp3) is 0.0625. The SMILES string of the molecule is NC(c1cccc(F)c1Cl)c1ccnn1-c1ccccc1. The summed E-state index contributed by atoms with van der Waals surface area (Å²) in [4.78, 5) is 0. The highest BCUT2D eigenvalue weighted by Crippen LogP contribution is 2.29. The van der Waals surface area contributed by atoms with Gasteiger partial charge in [0.05, 0.1) is 22.4 Å². The van der Waals surface area contributed by atoms with E-state index in [1.807, 2.05) is 30.3 Å². The van der Waals surface area contributed by atoms with Gasteiger partial charge in [-0.1, -0.05) is 41.9 Å². The zero-order valence-corrected chi connectivity index (χ0v) is 11.8. The lowest BCUT2D eigenvalue weighted by molar-refractivity contribution is 0.622. The Labute approximate surface area is 126 Å². The summed E-state index contributed by atoms with van der Waals surface area (Å²) in [5, 5.41) is 4.33. The van der Waals surface area contributed by atoms with E-state index in [0.717, 1.165) is 11.4 Å². The maximum atomic E-state index is 13.6. The smallest absolute Gasteiger partial charge is 0.142 e. The van der Waals surface area contributed by atoms with Crippen LogP contribution < -0.4 is 5.73 Å². The Bertz CT molecular complexity index is 755. The van der Waals surface area contributed by atoms with Crippen molar-refractivity contribution < 1.29 is 4.39 Å². The van der Waals surface area contributed by atoms with E-state index in [4.69, 9.17) is 17.3 Å². The van der Waals surface area contributed by atoms with Crippen molar-refractivity contribution in [1.82, 2.24) is 9.78 Å². The van der Waals surface area contributed by atoms with Gasteiger partial charge in [-0.25, -0.2) is 9.07 Å². The van der Waals surface area contributed by atoms with Crippen molar-refractivity contribution in [3.05, 3.63) is 82.9 Å². The fourth-order valence-corrected chi connectivity index (χ4v) is 2.50. The number of rotatable bonds is 3. The van der Waals surface area contributed by atoms with Crippen molar-refractivity contribution in [2.75, 3.05) is 0 Å². The van der Waals surface area contributed by atoms with Crippen LogP contribution in [0.1, 0.15) is 17.3 Å². The minimum atomic E-state index is -0.559. The van der Waals surface area contributed by atoms with Crippen LogP contribution in [0.15, 0.2) is 60.8 Å². The zero-order valence-electron chi connectivity index (χ0n) is 11.1. The molecule has 1 heterocycles. The largest absolute Gasteiger partial charge is 0.319 e. The molecule has 0 spiro atoms. The van der Waals surface area contributed by atoms with Gasteiger partial charge in [0.2, 0.25) is 0 Å². The predicted molar refractivity (Wildman–Crippen MR) is 81.0 cm³/mol. The van der Waals surface area contributed by atoms with Crippen LogP contribution in [0, 0.1) is 5.82 Å². The molecule has 0 aliphatic rings.